The van der Waals surface area contributed by atoms with Gasteiger partial charge in [-0.3, -0.25) is 4.79 Å². The van der Waals surface area contributed by atoms with E-state index in [0.29, 0.717) is 16.8 Å². The van der Waals surface area contributed by atoms with Crippen molar-refractivity contribution in [1.29, 1.82) is 0 Å². The Hall–Kier alpha value is -2.67. The van der Waals surface area contributed by atoms with Crippen molar-refractivity contribution in [3.05, 3.63) is 50.5 Å². The lowest BCUT2D eigenvalue weighted by Crippen LogP contribution is -2.14. The zero-order chi connectivity index (χ0) is 19.3. The van der Waals surface area contributed by atoms with Crippen molar-refractivity contribution in [1.82, 2.24) is 4.98 Å². The Morgan fingerprint density at radius 1 is 1.15 bits per heavy atom. The van der Waals surface area contributed by atoms with Crippen LogP contribution in [-0.4, -0.2) is 35.9 Å². The number of hydrogen-bond donors (Lipinski definition) is 1. The van der Waals surface area contributed by atoms with Gasteiger partial charge in [0.25, 0.3) is 0 Å². The maximum Gasteiger partial charge on any atom is 0.355 e. The van der Waals surface area contributed by atoms with Gasteiger partial charge < -0.3 is 14.5 Å². The molecule has 0 fully saturated rings. The molecule has 0 aliphatic heterocycles. The Kier molecular flexibility index (Phi) is 6.52. The molecule has 0 saturated carbocycles. The van der Waals surface area contributed by atoms with Crippen molar-refractivity contribution in [2.45, 2.75) is 27.7 Å². The summed E-state index contributed by atoms with van der Waals surface area (Å²) < 4.78 is 9.97. The number of aryl methyl sites for hydroxylation is 2. The van der Waals surface area contributed by atoms with E-state index in [1.807, 2.05) is 19.1 Å². The summed E-state index contributed by atoms with van der Waals surface area (Å²) in [7, 11) is 0. The van der Waals surface area contributed by atoms with Crippen LogP contribution in [0, 0.1) is 20.8 Å². The molecule has 2 aromatic rings. The third-order valence-corrected chi connectivity index (χ3v) is 4.65. The molecule has 26 heavy (non-hydrogen) atoms. The molecule has 2 rings (SSSR count). The van der Waals surface area contributed by atoms with Gasteiger partial charge in [-0.1, -0.05) is 0 Å². The maximum absolute atomic E-state index is 12.4. The van der Waals surface area contributed by atoms with Gasteiger partial charge in [-0.2, -0.15) is 0 Å². The first-order chi connectivity index (χ1) is 12.3. The second-order valence-corrected chi connectivity index (χ2v) is 6.98. The molecule has 0 radical (unpaired) electrons. The number of nitrogens with one attached hydrogen (secondary N) is 1. The molecule has 7 heteroatoms. The first-order valence-corrected chi connectivity index (χ1v) is 8.95. The molecule has 0 atom stereocenters. The Morgan fingerprint density at radius 2 is 1.88 bits per heavy atom. The van der Waals surface area contributed by atoms with Gasteiger partial charge in [0.15, 0.2) is 6.61 Å². The molecule has 2 aromatic heterocycles. The Labute approximate surface area is 155 Å². The van der Waals surface area contributed by atoms with E-state index < -0.39 is 18.5 Å². The number of thiophene rings is 1. The van der Waals surface area contributed by atoms with Gasteiger partial charge >= 0.3 is 11.9 Å². The van der Waals surface area contributed by atoms with Crippen LogP contribution in [0.5, 0.6) is 0 Å². The Balaban J connectivity index is 2.00. The lowest BCUT2D eigenvalue weighted by atomic mass is 10.1. The van der Waals surface area contributed by atoms with Gasteiger partial charge in [0.2, 0.25) is 5.78 Å². The first kappa shape index (κ1) is 19.7. The molecule has 0 aromatic carbocycles. The van der Waals surface area contributed by atoms with Gasteiger partial charge in [-0.05, 0) is 51.5 Å². The smallest absolute Gasteiger partial charge is 0.355 e. The van der Waals surface area contributed by atoms with E-state index in [1.165, 1.54) is 6.08 Å². The minimum Gasteiger partial charge on any atom is -0.461 e. The molecule has 2 heterocycles. The number of H-pyrrole nitrogens is 1. The summed E-state index contributed by atoms with van der Waals surface area (Å²) in [6.07, 6.45) is 2.94. The van der Waals surface area contributed by atoms with Crippen LogP contribution in [0.4, 0.5) is 0 Å². The average molecular weight is 375 g/mol. The minimum atomic E-state index is -0.596. The minimum absolute atomic E-state index is 0.243. The third-order valence-electron chi connectivity index (χ3n) is 3.69. The lowest BCUT2D eigenvalue weighted by molar-refractivity contribution is -0.136. The summed E-state index contributed by atoms with van der Waals surface area (Å²) in [6, 6.07) is 3.86. The van der Waals surface area contributed by atoms with Crippen LogP contribution >= 0.6 is 11.3 Å². The van der Waals surface area contributed by atoms with Gasteiger partial charge in [0.05, 0.1) is 6.61 Å². The highest BCUT2D eigenvalue weighted by atomic mass is 32.1. The highest BCUT2D eigenvalue weighted by Crippen LogP contribution is 2.20. The summed E-state index contributed by atoms with van der Waals surface area (Å²) in [4.78, 5) is 41.0. The topological polar surface area (TPSA) is 85.5 Å². The number of ether oxygens (including phenoxy) is 2. The molecule has 0 bridgehead atoms. The molecular formula is C19H21NO5S. The fraction of sp³-hybridized carbons (Fsp3) is 0.316. The summed E-state index contributed by atoms with van der Waals surface area (Å²) >= 11 is 1.55. The average Bonchev–Trinajstić information content (AvgIpc) is 3.14. The number of carbonyl (C=O) groups excluding carboxylic acids is 3. The van der Waals surface area contributed by atoms with Gasteiger partial charge in [0, 0.05) is 27.1 Å². The summed E-state index contributed by atoms with van der Waals surface area (Å²) in [5.41, 5.74) is 1.62. The van der Waals surface area contributed by atoms with Crippen LogP contribution in [0.1, 0.15) is 48.8 Å². The van der Waals surface area contributed by atoms with Crippen LogP contribution in [0.3, 0.4) is 0 Å². The second kappa shape index (κ2) is 8.62. The number of aromatic amines is 1. The number of rotatable bonds is 7. The fourth-order valence-corrected chi connectivity index (χ4v) is 3.31. The molecule has 0 aliphatic carbocycles. The largest absolute Gasteiger partial charge is 0.461 e. The highest BCUT2D eigenvalue weighted by Gasteiger charge is 2.23. The fourth-order valence-electron chi connectivity index (χ4n) is 2.53. The van der Waals surface area contributed by atoms with Gasteiger partial charge in [0.1, 0.15) is 5.69 Å². The molecular weight excluding hydrogens is 354 g/mol. The molecule has 138 valence electrons. The van der Waals surface area contributed by atoms with E-state index >= 15 is 0 Å². The molecule has 0 aliphatic rings. The molecule has 0 amide bonds. The predicted octanol–water partition coefficient (Wildman–Crippen LogP) is 3.62. The lowest BCUT2D eigenvalue weighted by Gasteiger charge is -2.03. The summed E-state index contributed by atoms with van der Waals surface area (Å²) in [5.74, 6) is -1.49. The van der Waals surface area contributed by atoms with Crippen molar-refractivity contribution in [2.24, 2.45) is 0 Å². The molecule has 6 nitrogen and oxygen atoms in total. The normalized spacial score (nSPS) is 10.9. The van der Waals surface area contributed by atoms with E-state index in [9.17, 15) is 14.4 Å². The highest BCUT2D eigenvalue weighted by molar-refractivity contribution is 7.12. The van der Waals surface area contributed by atoms with E-state index in [2.05, 4.69) is 4.98 Å². The molecule has 1 N–H and O–H groups in total. The third kappa shape index (κ3) is 4.70. The number of hydrogen-bond acceptors (Lipinski definition) is 6. The van der Waals surface area contributed by atoms with Crippen LogP contribution in [-0.2, 0) is 14.3 Å². The zero-order valence-electron chi connectivity index (χ0n) is 15.2. The maximum atomic E-state index is 12.4. The SMILES string of the molecule is CCOC(=O)c1[nH]c(C)c(C(=O)COC(=O)/C=C/c2ccc(C)s2)c1C. The Morgan fingerprint density at radius 3 is 2.50 bits per heavy atom. The first-order valence-electron chi connectivity index (χ1n) is 8.14. The second-order valence-electron chi connectivity index (χ2n) is 5.66. The summed E-state index contributed by atoms with van der Waals surface area (Å²) in [6.45, 7) is 6.88. The van der Waals surface area contributed by atoms with Crippen molar-refractivity contribution in [2.75, 3.05) is 13.2 Å². The molecule has 0 spiro atoms. The monoisotopic (exact) mass is 375 g/mol. The van der Waals surface area contributed by atoms with Crippen LogP contribution < -0.4 is 0 Å². The van der Waals surface area contributed by atoms with Crippen LogP contribution in [0.25, 0.3) is 6.08 Å². The predicted molar refractivity (Wildman–Crippen MR) is 99.6 cm³/mol. The van der Waals surface area contributed by atoms with Gasteiger partial charge in [-0.25, -0.2) is 9.59 Å². The quantitative estimate of drug-likeness (QED) is 0.454. The number of ketones is 1. The van der Waals surface area contributed by atoms with E-state index in [4.69, 9.17) is 9.47 Å². The van der Waals surface area contributed by atoms with Crippen molar-refractivity contribution < 1.29 is 23.9 Å². The van der Waals surface area contributed by atoms with E-state index in [-0.39, 0.29) is 18.1 Å². The number of aromatic nitrogens is 1. The van der Waals surface area contributed by atoms with Crippen molar-refractivity contribution in [3.8, 4) is 0 Å². The number of carbonyl (C=O) groups is 3. The van der Waals surface area contributed by atoms with Crippen molar-refractivity contribution >= 4 is 35.1 Å². The summed E-state index contributed by atoms with van der Waals surface area (Å²) in [5, 5.41) is 0. The van der Waals surface area contributed by atoms with Crippen LogP contribution in [0.15, 0.2) is 18.2 Å². The molecule has 0 saturated heterocycles. The van der Waals surface area contributed by atoms with E-state index in [1.54, 1.807) is 38.2 Å². The van der Waals surface area contributed by atoms with E-state index in [0.717, 1.165) is 9.75 Å². The van der Waals surface area contributed by atoms with Crippen molar-refractivity contribution in [3.63, 3.8) is 0 Å². The number of esters is 2. The number of Topliss-reactive ketones (excluding diaryl/α,β-unsaturated/α-hetero) is 1. The Bertz CT molecular complexity index is 859. The van der Waals surface area contributed by atoms with Crippen LogP contribution in [0.2, 0.25) is 0 Å². The zero-order valence-corrected chi connectivity index (χ0v) is 16.0. The van der Waals surface area contributed by atoms with Gasteiger partial charge in [-0.15, -0.1) is 11.3 Å². The standard InChI is InChI=1S/C19H21NO5S/c1-5-24-19(23)18-12(3)17(13(4)20-18)15(21)10-25-16(22)9-8-14-7-6-11(2)26-14/h6-9,20H,5,10H2,1-4H3/b9-8+. The molecule has 0 unspecified atom stereocenters.